The average Bonchev–Trinajstić information content (AvgIpc) is 2.69. The molecule has 9 heteroatoms. The molecule has 1 heterocycles. The minimum Gasteiger partial charge on any atom is -0.261 e. The number of nitrogens with one attached hydrogen (secondary N) is 1. The fourth-order valence-corrected chi connectivity index (χ4v) is 5.65. The van der Waals surface area contributed by atoms with Gasteiger partial charge in [0.2, 0.25) is 19.9 Å². The zero-order chi connectivity index (χ0) is 21.1. The molecular formula is C20H19BrN2O4S2. The Labute approximate surface area is 179 Å². The molecule has 0 atom stereocenters. The number of aryl methyl sites for hydroxylation is 1. The van der Waals surface area contributed by atoms with Crippen LogP contribution in [0.15, 0.2) is 86.0 Å². The van der Waals surface area contributed by atoms with Crippen LogP contribution < -0.4 is 4.72 Å². The second-order valence-electron chi connectivity index (χ2n) is 6.35. The van der Waals surface area contributed by atoms with Gasteiger partial charge < -0.3 is 0 Å². The number of benzene rings is 2. The summed E-state index contributed by atoms with van der Waals surface area (Å²) in [5.41, 5.74) is 1.23. The summed E-state index contributed by atoms with van der Waals surface area (Å²) < 4.78 is 54.6. The van der Waals surface area contributed by atoms with Crippen LogP contribution in [-0.4, -0.2) is 28.4 Å². The lowest BCUT2D eigenvalue weighted by Gasteiger charge is -2.12. The Morgan fingerprint density at radius 1 is 0.931 bits per heavy atom. The predicted octanol–water partition coefficient (Wildman–Crippen LogP) is 3.51. The van der Waals surface area contributed by atoms with Crippen molar-refractivity contribution in [2.24, 2.45) is 0 Å². The molecule has 0 fully saturated rings. The van der Waals surface area contributed by atoms with Crippen LogP contribution in [-0.2, 0) is 26.3 Å². The van der Waals surface area contributed by atoms with Gasteiger partial charge in [0.05, 0.1) is 14.7 Å². The molecule has 0 aliphatic rings. The summed E-state index contributed by atoms with van der Waals surface area (Å²) in [7, 11) is -7.72. The lowest BCUT2D eigenvalue weighted by Crippen LogP contribution is -2.27. The number of sulfone groups is 1. The van der Waals surface area contributed by atoms with Gasteiger partial charge in [-0.1, -0.05) is 28.1 Å². The normalized spacial score (nSPS) is 12.1. The van der Waals surface area contributed by atoms with Crippen LogP contribution in [0.5, 0.6) is 0 Å². The second kappa shape index (κ2) is 8.74. The number of halogens is 1. The van der Waals surface area contributed by atoms with Crippen LogP contribution in [0.25, 0.3) is 0 Å². The Balaban J connectivity index is 1.87. The first-order valence-electron chi connectivity index (χ1n) is 8.71. The van der Waals surface area contributed by atoms with Gasteiger partial charge in [0, 0.05) is 29.3 Å². The second-order valence-corrected chi connectivity index (χ2v) is 11.0. The van der Waals surface area contributed by atoms with Crippen LogP contribution >= 0.6 is 15.9 Å². The highest BCUT2D eigenvalue weighted by Crippen LogP contribution is 2.26. The molecule has 0 aliphatic heterocycles. The quantitative estimate of drug-likeness (QED) is 0.542. The van der Waals surface area contributed by atoms with Gasteiger partial charge >= 0.3 is 0 Å². The van der Waals surface area contributed by atoms with E-state index in [0.29, 0.717) is 12.0 Å². The summed E-state index contributed by atoms with van der Waals surface area (Å²) in [6.07, 6.45) is 2.07. The fraction of sp³-hybridized carbons (Fsp3) is 0.150. The van der Waals surface area contributed by atoms with Crippen LogP contribution in [0.1, 0.15) is 11.3 Å². The zero-order valence-corrected chi connectivity index (χ0v) is 18.8. The molecule has 0 amide bonds. The summed E-state index contributed by atoms with van der Waals surface area (Å²) in [5.74, 6) is 0. The molecule has 0 aliphatic carbocycles. The Morgan fingerprint density at radius 3 is 2.28 bits per heavy atom. The smallest absolute Gasteiger partial charge is 0.240 e. The lowest BCUT2D eigenvalue weighted by molar-refractivity contribution is 0.580. The molecule has 1 aromatic heterocycles. The summed E-state index contributed by atoms with van der Waals surface area (Å²) in [5, 5.41) is 0. The third-order valence-electron chi connectivity index (χ3n) is 4.28. The number of sulfonamides is 1. The first-order chi connectivity index (χ1) is 13.7. The predicted molar refractivity (Wildman–Crippen MR) is 114 cm³/mol. The van der Waals surface area contributed by atoms with E-state index in [0.717, 1.165) is 10.2 Å². The Bertz CT molecular complexity index is 1210. The molecule has 29 heavy (non-hydrogen) atoms. The third kappa shape index (κ3) is 5.11. The number of rotatable bonds is 7. The fourth-order valence-electron chi connectivity index (χ4n) is 2.72. The topological polar surface area (TPSA) is 93.2 Å². The highest BCUT2D eigenvalue weighted by atomic mass is 79.9. The van der Waals surface area contributed by atoms with Crippen molar-refractivity contribution >= 4 is 35.8 Å². The average molecular weight is 495 g/mol. The van der Waals surface area contributed by atoms with E-state index < -0.39 is 19.9 Å². The maximum atomic E-state index is 12.9. The van der Waals surface area contributed by atoms with E-state index in [-0.39, 0.29) is 21.2 Å². The summed E-state index contributed by atoms with van der Waals surface area (Å²) in [4.78, 5) is 4.12. The van der Waals surface area contributed by atoms with Crippen molar-refractivity contribution in [1.29, 1.82) is 0 Å². The molecule has 0 unspecified atom stereocenters. The third-order valence-corrected chi connectivity index (χ3v) is 8.18. The SMILES string of the molecule is Cc1ccc(S(=O)(=O)c2ccc(Br)cc2)cc1S(=O)(=O)NCCc1ccccn1. The van der Waals surface area contributed by atoms with Crippen molar-refractivity contribution in [1.82, 2.24) is 9.71 Å². The summed E-state index contributed by atoms with van der Waals surface area (Å²) >= 11 is 3.27. The minimum absolute atomic E-state index is 0.0586. The highest BCUT2D eigenvalue weighted by molar-refractivity contribution is 9.10. The van der Waals surface area contributed by atoms with Crippen molar-refractivity contribution in [2.75, 3.05) is 6.54 Å². The van der Waals surface area contributed by atoms with E-state index in [1.807, 2.05) is 12.1 Å². The Hall–Kier alpha value is -2.07. The molecule has 3 rings (SSSR count). The largest absolute Gasteiger partial charge is 0.261 e. The van der Waals surface area contributed by atoms with E-state index in [1.165, 1.54) is 30.3 Å². The molecular weight excluding hydrogens is 476 g/mol. The van der Waals surface area contributed by atoms with Crippen LogP contribution in [0, 0.1) is 6.92 Å². The van der Waals surface area contributed by atoms with Gasteiger partial charge in [-0.3, -0.25) is 4.98 Å². The number of hydrogen-bond acceptors (Lipinski definition) is 5. The van der Waals surface area contributed by atoms with Crippen LogP contribution in [0.2, 0.25) is 0 Å². The van der Waals surface area contributed by atoms with Gasteiger partial charge in [-0.2, -0.15) is 0 Å². The zero-order valence-electron chi connectivity index (χ0n) is 15.5. The summed E-state index contributed by atoms with van der Waals surface area (Å²) in [6.45, 7) is 1.78. The molecule has 152 valence electrons. The molecule has 0 bridgehead atoms. The van der Waals surface area contributed by atoms with Crippen molar-refractivity contribution in [3.8, 4) is 0 Å². The van der Waals surface area contributed by atoms with Crippen molar-refractivity contribution in [3.05, 3.63) is 82.6 Å². The van der Waals surface area contributed by atoms with Gasteiger partial charge in [0.15, 0.2) is 0 Å². The monoisotopic (exact) mass is 494 g/mol. The van der Waals surface area contributed by atoms with Gasteiger partial charge in [0.1, 0.15) is 0 Å². The van der Waals surface area contributed by atoms with Crippen LogP contribution in [0.3, 0.4) is 0 Å². The molecule has 1 N–H and O–H groups in total. The van der Waals surface area contributed by atoms with E-state index in [4.69, 9.17) is 0 Å². The Kier molecular flexibility index (Phi) is 6.52. The Morgan fingerprint density at radius 2 is 1.62 bits per heavy atom. The standard InChI is InChI=1S/C20H19BrN2O4S2/c1-15-5-8-19(28(24,25)18-9-6-16(21)7-10-18)14-20(15)29(26,27)23-13-11-17-4-2-3-12-22-17/h2-10,12,14,23H,11,13H2,1H3. The van der Waals surface area contributed by atoms with Gasteiger partial charge in [-0.25, -0.2) is 21.6 Å². The molecule has 6 nitrogen and oxygen atoms in total. The number of aromatic nitrogens is 1. The van der Waals surface area contributed by atoms with Gasteiger partial charge in [-0.05, 0) is 61.0 Å². The number of hydrogen-bond donors (Lipinski definition) is 1. The maximum absolute atomic E-state index is 12.9. The van der Waals surface area contributed by atoms with Crippen molar-refractivity contribution < 1.29 is 16.8 Å². The molecule has 0 saturated heterocycles. The maximum Gasteiger partial charge on any atom is 0.240 e. The highest BCUT2D eigenvalue weighted by Gasteiger charge is 2.23. The molecule has 2 aromatic carbocycles. The van der Waals surface area contributed by atoms with Gasteiger partial charge in [-0.15, -0.1) is 0 Å². The summed E-state index contributed by atoms with van der Waals surface area (Å²) in [6, 6.07) is 15.7. The minimum atomic E-state index is -3.88. The van der Waals surface area contributed by atoms with Crippen LogP contribution in [0.4, 0.5) is 0 Å². The van der Waals surface area contributed by atoms with Crippen molar-refractivity contribution in [3.63, 3.8) is 0 Å². The molecule has 0 radical (unpaired) electrons. The van der Waals surface area contributed by atoms with E-state index in [2.05, 4.69) is 25.6 Å². The van der Waals surface area contributed by atoms with E-state index >= 15 is 0 Å². The van der Waals surface area contributed by atoms with Crippen molar-refractivity contribution in [2.45, 2.75) is 28.0 Å². The molecule has 0 saturated carbocycles. The first-order valence-corrected chi connectivity index (χ1v) is 12.5. The van der Waals surface area contributed by atoms with E-state index in [9.17, 15) is 16.8 Å². The molecule has 3 aromatic rings. The van der Waals surface area contributed by atoms with Gasteiger partial charge in [0.25, 0.3) is 0 Å². The molecule has 0 spiro atoms. The lowest BCUT2D eigenvalue weighted by atomic mass is 10.2. The first kappa shape index (κ1) is 21.6. The number of nitrogens with zero attached hydrogens (tertiary/aromatic N) is 1. The van der Waals surface area contributed by atoms with E-state index in [1.54, 1.807) is 31.3 Å². The number of pyridine rings is 1.